The smallest absolute Gasteiger partial charge is 0.266 e. The van der Waals surface area contributed by atoms with Crippen LogP contribution in [0.3, 0.4) is 0 Å². The maximum absolute atomic E-state index is 12.8. The highest BCUT2D eigenvalue weighted by Gasteiger charge is 2.32. The number of ether oxygens (including phenoxy) is 1. The maximum atomic E-state index is 12.8. The minimum Gasteiger partial charge on any atom is -0.497 e. The third-order valence-electron chi connectivity index (χ3n) is 5.11. The van der Waals surface area contributed by atoms with Gasteiger partial charge in [0.25, 0.3) is 5.91 Å². The summed E-state index contributed by atoms with van der Waals surface area (Å²) in [5.74, 6) is 1.08. The van der Waals surface area contributed by atoms with E-state index in [2.05, 4.69) is 34.6 Å². The topological polar surface area (TPSA) is 84.4 Å². The van der Waals surface area contributed by atoms with Gasteiger partial charge in [-0.15, -0.1) is 10.2 Å². The fourth-order valence-corrected chi connectivity index (χ4v) is 6.32. The summed E-state index contributed by atoms with van der Waals surface area (Å²) in [5, 5.41) is 11.4. The molecule has 1 saturated heterocycles. The Labute approximate surface area is 221 Å². The summed E-state index contributed by atoms with van der Waals surface area (Å²) < 4.78 is 6.38. The van der Waals surface area contributed by atoms with Crippen molar-refractivity contribution < 1.29 is 14.3 Å². The minimum atomic E-state index is -0.246. The summed E-state index contributed by atoms with van der Waals surface area (Å²) in [7, 11) is 1.60. The zero-order valence-electron chi connectivity index (χ0n) is 19.0. The Hall–Kier alpha value is -2.73. The first kappa shape index (κ1) is 25.4. The van der Waals surface area contributed by atoms with Crippen molar-refractivity contribution in [3.05, 3.63) is 70.1 Å². The summed E-state index contributed by atoms with van der Waals surface area (Å²) in [5.41, 5.74) is 3.34. The molecule has 7 nitrogen and oxygen atoms in total. The molecule has 4 rings (SSSR count). The Bertz CT molecular complexity index is 1270. The number of methoxy groups -OCH3 is 1. The van der Waals surface area contributed by atoms with Crippen LogP contribution in [0.25, 0.3) is 6.08 Å². The zero-order chi connectivity index (χ0) is 24.8. The van der Waals surface area contributed by atoms with Gasteiger partial charge < -0.3 is 10.1 Å². The number of nitrogens with one attached hydrogen (secondary N) is 1. The number of aromatic nitrogens is 2. The molecule has 1 N–H and O–H groups in total. The highest BCUT2D eigenvalue weighted by atomic mass is 32.2. The fourth-order valence-electron chi connectivity index (χ4n) is 3.17. The molecule has 1 aromatic heterocycles. The molecule has 0 aliphatic carbocycles. The molecule has 0 unspecified atom stereocenters. The Morgan fingerprint density at radius 3 is 2.71 bits per heavy atom. The van der Waals surface area contributed by atoms with Crippen LogP contribution in [0.4, 0.5) is 5.13 Å². The maximum Gasteiger partial charge on any atom is 0.266 e. The van der Waals surface area contributed by atoms with Gasteiger partial charge >= 0.3 is 0 Å². The van der Waals surface area contributed by atoms with Crippen molar-refractivity contribution >= 4 is 74.4 Å². The molecular formula is C24H22N4O3S4. The van der Waals surface area contributed by atoms with Crippen molar-refractivity contribution in [3.8, 4) is 5.75 Å². The van der Waals surface area contributed by atoms with Crippen LogP contribution in [0.2, 0.25) is 0 Å². The zero-order valence-corrected chi connectivity index (χ0v) is 22.3. The van der Waals surface area contributed by atoms with Gasteiger partial charge in [-0.05, 0) is 41.8 Å². The summed E-state index contributed by atoms with van der Waals surface area (Å²) in [6.45, 7) is 2.28. The molecule has 1 aliphatic heterocycles. The number of hydrogen-bond donors (Lipinski definition) is 1. The molecule has 3 aromatic rings. The monoisotopic (exact) mass is 542 g/mol. The van der Waals surface area contributed by atoms with Gasteiger partial charge in [0, 0.05) is 18.7 Å². The number of carbonyl (C=O) groups is 2. The van der Waals surface area contributed by atoms with Crippen LogP contribution in [-0.4, -0.2) is 44.9 Å². The molecular weight excluding hydrogens is 521 g/mol. The lowest BCUT2D eigenvalue weighted by atomic mass is 10.1. The molecule has 0 spiro atoms. The first-order chi connectivity index (χ1) is 16.9. The number of carbonyl (C=O) groups excluding carboxylic acids is 2. The molecule has 0 radical (unpaired) electrons. The van der Waals surface area contributed by atoms with Crippen LogP contribution in [0, 0.1) is 6.92 Å². The van der Waals surface area contributed by atoms with E-state index >= 15 is 0 Å². The second-order valence-corrected chi connectivity index (χ2v) is 11.4. The lowest BCUT2D eigenvalue weighted by molar-refractivity contribution is -0.122. The van der Waals surface area contributed by atoms with Crippen molar-refractivity contribution in [1.29, 1.82) is 0 Å². The van der Waals surface area contributed by atoms with E-state index in [1.54, 1.807) is 24.9 Å². The molecule has 0 saturated carbocycles. The van der Waals surface area contributed by atoms with Crippen molar-refractivity contribution in [2.45, 2.75) is 23.4 Å². The van der Waals surface area contributed by atoms with Gasteiger partial charge in [0.05, 0.1) is 12.0 Å². The highest BCUT2D eigenvalue weighted by molar-refractivity contribution is 8.26. The molecule has 1 aliphatic rings. The van der Waals surface area contributed by atoms with E-state index in [1.165, 1.54) is 39.1 Å². The average Bonchev–Trinajstić information content (AvgIpc) is 3.41. The number of anilines is 1. The number of benzene rings is 2. The van der Waals surface area contributed by atoms with Crippen molar-refractivity contribution in [2.24, 2.45) is 0 Å². The number of rotatable bonds is 9. The van der Waals surface area contributed by atoms with Gasteiger partial charge in [0.15, 0.2) is 4.34 Å². The Balaban J connectivity index is 1.27. The lowest BCUT2D eigenvalue weighted by Gasteiger charge is -2.13. The summed E-state index contributed by atoms with van der Waals surface area (Å²) in [6.07, 6.45) is 1.89. The fraction of sp³-hybridized carbons (Fsp3) is 0.208. The third-order valence-corrected chi connectivity index (χ3v) is 8.51. The molecule has 0 atom stereocenters. The van der Waals surface area contributed by atoms with Crippen molar-refractivity contribution in [2.75, 3.05) is 19.0 Å². The Morgan fingerprint density at radius 1 is 1.20 bits per heavy atom. The first-order valence-corrected chi connectivity index (χ1v) is 13.7. The molecule has 1 fully saturated rings. The average molecular weight is 543 g/mol. The molecule has 35 heavy (non-hydrogen) atoms. The summed E-state index contributed by atoms with van der Waals surface area (Å²) >= 11 is 9.51. The standard InChI is InChI=1S/C24H22N4O3S4/c1-15-5-3-4-6-17(15)14-33-23-27-26-22(35-23)25-20(29)11-12-28-21(30)19(34-24(28)32)13-16-7-9-18(31-2)10-8-16/h3-10,13H,11-12,14H2,1-2H3,(H,25,26,29)/b19-13-. The number of thiocarbonyl (C=S) groups is 1. The van der Waals surface area contributed by atoms with Crippen LogP contribution in [0.1, 0.15) is 23.1 Å². The van der Waals surface area contributed by atoms with Crippen LogP contribution in [0.15, 0.2) is 57.8 Å². The van der Waals surface area contributed by atoms with E-state index in [0.717, 1.165) is 21.4 Å². The predicted octanol–water partition coefficient (Wildman–Crippen LogP) is 5.38. The molecule has 2 aromatic carbocycles. The van der Waals surface area contributed by atoms with Gasteiger partial charge in [-0.2, -0.15) is 0 Å². The Kier molecular flexibility index (Phi) is 8.55. The Morgan fingerprint density at radius 2 is 1.97 bits per heavy atom. The molecule has 11 heteroatoms. The molecule has 2 heterocycles. The van der Waals surface area contributed by atoms with Crippen LogP contribution in [0.5, 0.6) is 5.75 Å². The number of thioether (sulfide) groups is 2. The van der Waals surface area contributed by atoms with Gasteiger partial charge in [0.2, 0.25) is 11.0 Å². The van der Waals surface area contributed by atoms with Gasteiger partial charge in [-0.3, -0.25) is 14.5 Å². The van der Waals surface area contributed by atoms with Gasteiger partial charge in [-0.25, -0.2) is 0 Å². The van der Waals surface area contributed by atoms with Crippen molar-refractivity contribution in [3.63, 3.8) is 0 Å². The van der Waals surface area contributed by atoms with Crippen LogP contribution < -0.4 is 10.1 Å². The lowest BCUT2D eigenvalue weighted by Crippen LogP contribution is -2.31. The van der Waals surface area contributed by atoms with Gasteiger partial charge in [-0.1, -0.05) is 83.5 Å². The molecule has 2 amide bonds. The largest absolute Gasteiger partial charge is 0.497 e. The number of hydrogen-bond acceptors (Lipinski definition) is 9. The van der Waals surface area contributed by atoms with E-state index in [-0.39, 0.29) is 24.8 Å². The van der Waals surface area contributed by atoms with Crippen molar-refractivity contribution in [1.82, 2.24) is 15.1 Å². The minimum absolute atomic E-state index is 0.105. The summed E-state index contributed by atoms with van der Waals surface area (Å²) in [6, 6.07) is 15.6. The number of amides is 2. The highest BCUT2D eigenvalue weighted by Crippen LogP contribution is 2.33. The van der Waals surface area contributed by atoms with E-state index in [0.29, 0.717) is 14.4 Å². The van der Waals surface area contributed by atoms with Crippen LogP contribution >= 0.6 is 47.1 Å². The predicted molar refractivity (Wildman–Crippen MR) is 147 cm³/mol. The molecule has 0 bridgehead atoms. The summed E-state index contributed by atoms with van der Waals surface area (Å²) in [4.78, 5) is 27.2. The second kappa shape index (κ2) is 11.8. The van der Waals surface area contributed by atoms with E-state index in [9.17, 15) is 9.59 Å². The van der Waals surface area contributed by atoms with Gasteiger partial charge in [0.1, 0.15) is 10.1 Å². The quantitative estimate of drug-likeness (QED) is 0.167. The van der Waals surface area contributed by atoms with E-state index in [1.807, 2.05) is 36.4 Å². The number of nitrogens with zero attached hydrogens (tertiary/aromatic N) is 3. The second-order valence-electron chi connectivity index (χ2n) is 7.49. The first-order valence-electron chi connectivity index (χ1n) is 10.6. The number of aryl methyl sites for hydroxylation is 1. The van der Waals surface area contributed by atoms with Crippen LogP contribution in [-0.2, 0) is 15.3 Å². The van der Waals surface area contributed by atoms with E-state index in [4.69, 9.17) is 17.0 Å². The normalized spacial score (nSPS) is 14.6. The molecule has 180 valence electrons. The third kappa shape index (κ3) is 6.69. The van der Waals surface area contributed by atoms with E-state index < -0.39 is 0 Å². The SMILES string of the molecule is COc1ccc(/C=C2\SC(=S)N(CCC(=O)Nc3nnc(SCc4ccccc4C)s3)C2=O)cc1.